The molecule has 0 saturated heterocycles. The van der Waals surface area contributed by atoms with Crippen LogP contribution >= 0.6 is 11.8 Å². The Morgan fingerprint density at radius 3 is 2.39 bits per heavy atom. The van der Waals surface area contributed by atoms with Gasteiger partial charge in [-0.25, -0.2) is 9.97 Å². The predicted octanol–water partition coefficient (Wildman–Crippen LogP) is 4.70. The third-order valence-electron chi connectivity index (χ3n) is 3.45. The predicted molar refractivity (Wildman–Crippen MR) is 96.8 cm³/mol. The van der Waals surface area contributed by atoms with Gasteiger partial charge in [0.1, 0.15) is 11.3 Å². The zero-order chi connectivity index (χ0) is 16.2. The summed E-state index contributed by atoms with van der Waals surface area (Å²) in [7, 11) is 0. The second-order valence-electron chi connectivity index (χ2n) is 5.70. The standard InChI is InChI=1S/C18H20N4S/c1-12(2)23-15-6-4-14(5-7-15)13(3)21-17-9-8-16-18(22-17)20-11-10-19-16/h4-13H,1-3H3,(H,20,21,22). The van der Waals surface area contributed by atoms with Crippen LogP contribution in [0.5, 0.6) is 0 Å². The van der Waals surface area contributed by atoms with Crippen molar-refractivity contribution in [2.24, 2.45) is 0 Å². The van der Waals surface area contributed by atoms with Crippen LogP contribution in [0.2, 0.25) is 0 Å². The first-order valence-corrected chi connectivity index (χ1v) is 8.61. The molecule has 0 radical (unpaired) electrons. The quantitative estimate of drug-likeness (QED) is 0.689. The Labute approximate surface area is 140 Å². The van der Waals surface area contributed by atoms with E-state index in [2.05, 4.69) is 65.3 Å². The number of hydrogen-bond acceptors (Lipinski definition) is 5. The van der Waals surface area contributed by atoms with E-state index in [4.69, 9.17) is 0 Å². The van der Waals surface area contributed by atoms with E-state index in [9.17, 15) is 0 Å². The fourth-order valence-corrected chi connectivity index (χ4v) is 3.18. The van der Waals surface area contributed by atoms with Crippen LogP contribution in [0.25, 0.3) is 11.2 Å². The summed E-state index contributed by atoms with van der Waals surface area (Å²) in [6.07, 6.45) is 3.34. The van der Waals surface area contributed by atoms with Crippen molar-refractivity contribution in [1.82, 2.24) is 15.0 Å². The van der Waals surface area contributed by atoms with Crippen molar-refractivity contribution >= 4 is 28.7 Å². The maximum absolute atomic E-state index is 4.51. The third kappa shape index (κ3) is 3.99. The molecule has 0 aliphatic rings. The average molecular weight is 324 g/mol. The second kappa shape index (κ2) is 6.96. The van der Waals surface area contributed by atoms with Crippen molar-refractivity contribution in [1.29, 1.82) is 0 Å². The number of fused-ring (bicyclic) bond motifs is 1. The summed E-state index contributed by atoms with van der Waals surface area (Å²) in [5.74, 6) is 0.811. The largest absolute Gasteiger partial charge is 0.363 e. The number of anilines is 1. The van der Waals surface area contributed by atoms with Crippen LogP contribution in [0.1, 0.15) is 32.4 Å². The van der Waals surface area contributed by atoms with Gasteiger partial charge in [0.2, 0.25) is 0 Å². The van der Waals surface area contributed by atoms with Crippen molar-refractivity contribution < 1.29 is 0 Å². The van der Waals surface area contributed by atoms with E-state index >= 15 is 0 Å². The van der Waals surface area contributed by atoms with E-state index in [1.165, 1.54) is 10.5 Å². The minimum Gasteiger partial charge on any atom is -0.363 e. The molecule has 0 aliphatic heterocycles. The van der Waals surface area contributed by atoms with Crippen LogP contribution in [-0.2, 0) is 0 Å². The van der Waals surface area contributed by atoms with Gasteiger partial charge in [-0.3, -0.25) is 4.98 Å². The van der Waals surface area contributed by atoms with Gasteiger partial charge in [-0.2, -0.15) is 0 Å². The molecule has 2 aromatic heterocycles. The van der Waals surface area contributed by atoms with E-state index < -0.39 is 0 Å². The summed E-state index contributed by atoms with van der Waals surface area (Å²) >= 11 is 1.88. The molecule has 4 nitrogen and oxygen atoms in total. The summed E-state index contributed by atoms with van der Waals surface area (Å²) in [5.41, 5.74) is 2.70. The highest BCUT2D eigenvalue weighted by molar-refractivity contribution is 7.99. The number of pyridine rings is 1. The minimum atomic E-state index is 0.176. The highest BCUT2D eigenvalue weighted by atomic mass is 32.2. The zero-order valence-electron chi connectivity index (χ0n) is 13.5. The van der Waals surface area contributed by atoms with Gasteiger partial charge in [0.25, 0.3) is 0 Å². The van der Waals surface area contributed by atoms with E-state index in [1.54, 1.807) is 12.4 Å². The molecule has 3 rings (SSSR count). The molecule has 3 aromatic rings. The lowest BCUT2D eigenvalue weighted by atomic mass is 10.1. The lowest BCUT2D eigenvalue weighted by Gasteiger charge is -2.16. The van der Waals surface area contributed by atoms with Gasteiger partial charge >= 0.3 is 0 Å². The van der Waals surface area contributed by atoms with Crippen molar-refractivity contribution in [2.75, 3.05) is 5.32 Å². The van der Waals surface area contributed by atoms with Crippen LogP contribution in [0.3, 0.4) is 0 Å². The molecule has 1 aromatic carbocycles. The van der Waals surface area contributed by atoms with E-state index in [0.29, 0.717) is 10.9 Å². The van der Waals surface area contributed by atoms with Gasteiger partial charge in [-0.15, -0.1) is 11.8 Å². The highest BCUT2D eigenvalue weighted by Crippen LogP contribution is 2.25. The monoisotopic (exact) mass is 324 g/mol. The molecule has 23 heavy (non-hydrogen) atoms. The van der Waals surface area contributed by atoms with Crippen LogP contribution in [0, 0.1) is 0 Å². The first-order chi connectivity index (χ1) is 11.1. The molecule has 1 N–H and O–H groups in total. The number of thioether (sulfide) groups is 1. The summed E-state index contributed by atoms with van der Waals surface area (Å²) < 4.78 is 0. The molecule has 1 unspecified atom stereocenters. The molecule has 2 heterocycles. The molecule has 0 aliphatic carbocycles. The van der Waals surface area contributed by atoms with Gasteiger partial charge in [-0.05, 0) is 36.8 Å². The van der Waals surface area contributed by atoms with Crippen LogP contribution in [-0.4, -0.2) is 20.2 Å². The van der Waals surface area contributed by atoms with Crippen molar-refractivity contribution in [3.8, 4) is 0 Å². The van der Waals surface area contributed by atoms with E-state index in [-0.39, 0.29) is 6.04 Å². The first-order valence-electron chi connectivity index (χ1n) is 7.73. The minimum absolute atomic E-state index is 0.176. The number of nitrogens with one attached hydrogen (secondary N) is 1. The van der Waals surface area contributed by atoms with Crippen LogP contribution in [0.4, 0.5) is 5.82 Å². The molecule has 0 bridgehead atoms. The maximum Gasteiger partial charge on any atom is 0.180 e. The molecule has 0 fully saturated rings. The lowest BCUT2D eigenvalue weighted by molar-refractivity contribution is 0.874. The fraction of sp³-hybridized carbons (Fsp3) is 0.278. The summed E-state index contributed by atoms with van der Waals surface area (Å²) in [6, 6.07) is 12.7. The van der Waals surface area contributed by atoms with Crippen LogP contribution in [0.15, 0.2) is 53.7 Å². The van der Waals surface area contributed by atoms with Crippen molar-refractivity contribution in [3.05, 3.63) is 54.4 Å². The lowest BCUT2D eigenvalue weighted by Crippen LogP contribution is -2.08. The smallest absolute Gasteiger partial charge is 0.180 e. The number of nitrogens with zero attached hydrogens (tertiary/aromatic N) is 3. The van der Waals surface area contributed by atoms with E-state index in [1.807, 2.05) is 23.9 Å². The number of rotatable bonds is 5. The topological polar surface area (TPSA) is 50.7 Å². The molecule has 0 spiro atoms. The Balaban J connectivity index is 1.73. The summed E-state index contributed by atoms with van der Waals surface area (Å²) in [4.78, 5) is 14.3. The molecular formula is C18H20N4S. The van der Waals surface area contributed by atoms with Gasteiger partial charge in [-0.1, -0.05) is 26.0 Å². The molecule has 1 atom stereocenters. The summed E-state index contributed by atoms with van der Waals surface area (Å²) in [6.45, 7) is 6.54. The molecule has 0 saturated carbocycles. The highest BCUT2D eigenvalue weighted by Gasteiger charge is 2.08. The molecule has 118 valence electrons. The number of hydrogen-bond donors (Lipinski definition) is 1. The van der Waals surface area contributed by atoms with Gasteiger partial charge < -0.3 is 5.32 Å². The van der Waals surface area contributed by atoms with E-state index in [0.717, 1.165) is 11.3 Å². The van der Waals surface area contributed by atoms with Crippen molar-refractivity contribution in [3.63, 3.8) is 0 Å². The Bertz CT molecular complexity index is 786. The van der Waals surface area contributed by atoms with Gasteiger partial charge in [0.05, 0.1) is 0 Å². The molecular weight excluding hydrogens is 304 g/mol. The van der Waals surface area contributed by atoms with Gasteiger partial charge in [0.15, 0.2) is 5.65 Å². The van der Waals surface area contributed by atoms with Crippen LogP contribution < -0.4 is 5.32 Å². The third-order valence-corrected chi connectivity index (χ3v) is 4.46. The van der Waals surface area contributed by atoms with Gasteiger partial charge in [0, 0.05) is 28.6 Å². The Hall–Kier alpha value is -2.14. The maximum atomic E-state index is 4.51. The number of benzene rings is 1. The van der Waals surface area contributed by atoms with Crippen molar-refractivity contribution in [2.45, 2.75) is 37.0 Å². The molecule has 0 amide bonds. The first kappa shape index (κ1) is 15.7. The Kier molecular flexibility index (Phi) is 4.76. The summed E-state index contributed by atoms with van der Waals surface area (Å²) in [5, 5.41) is 4.02. The SMILES string of the molecule is CC(C)Sc1ccc(C(C)Nc2ccc3nccnc3n2)cc1. The fourth-order valence-electron chi connectivity index (χ4n) is 2.35. The Morgan fingerprint density at radius 1 is 0.913 bits per heavy atom. The molecule has 5 heteroatoms. The Morgan fingerprint density at radius 2 is 1.65 bits per heavy atom. The average Bonchev–Trinajstić information content (AvgIpc) is 2.55. The normalized spacial score (nSPS) is 12.5. The second-order valence-corrected chi connectivity index (χ2v) is 7.35. The number of aromatic nitrogens is 3. The zero-order valence-corrected chi connectivity index (χ0v) is 14.3.